The van der Waals surface area contributed by atoms with Gasteiger partial charge in [-0.2, -0.15) is 0 Å². The molecule has 1 atom stereocenters. The Kier molecular flexibility index (Phi) is 4.00. The molecular weight excluding hydrogens is 432 g/mol. The zero-order valence-electron chi connectivity index (χ0n) is 16.3. The second kappa shape index (κ2) is 6.35. The molecule has 3 amide bonds. The normalized spacial score (nSPS) is 20.3. The number of H-pyrrole nitrogens is 1. The highest BCUT2D eigenvalue weighted by Gasteiger charge is 2.60. The molecule has 5 rings (SSSR count). The average molecular weight is 453 g/mol. The quantitative estimate of drug-likeness (QED) is 0.590. The van der Waals surface area contributed by atoms with E-state index in [1.165, 1.54) is 0 Å². The SMILES string of the molecule is CCNC(=O)N1CCc2c([nH]c3ccccc23)C12C(=O)N(C)c1ccc(Br)cc12. The topological polar surface area (TPSA) is 68.4 Å². The number of carbonyl (C=O) groups excluding carboxylic acids is 2. The lowest BCUT2D eigenvalue weighted by Gasteiger charge is -2.43. The fraction of sp³-hybridized carbons (Fsp3) is 0.273. The Morgan fingerprint density at radius 2 is 2.07 bits per heavy atom. The number of rotatable bonds is 1. The summed E-state index contributed by atoms with van der Waals surface area (Å²) in [6, 6.07) is 13.7. The molecule has 1 aromatic heterocycles. The summed E-state index contributed by atoms with van der Waals surface area (Å²) in [4.78, 5) is 33.9. The number of urea groups is 1. The van der Waals surface area contributed by atoms with Crippen molar-refractivity contribution in [2.45, 2.75) is 18.9 Å². The highest BCUT2D eigenvalue weighted by molar-refractivity contribution is 9.10. The standard InChI is InChI=1S/C22H21BrN4O2/c1-3-24-21(29)27-11-10-15-14-6-4-5-7-17(14)25-19(15)22(27)16-12-13(23)8-9-18(16)26(2)20(22)28/h4-9,12,25H,3,10-11H2,1-2H3,(H,24,29). The third kappa shape index (κ3) is 2.28. The van der Waals surface area contributed by atoms with Gasteiger partial charge in [-0.25, -0.2) is 4.79 Å². The van der Waals surface area contributed by atoms with E-state index in [-0.39, 0.29) is 11.9 Å². The van der Waals surface area contributed by atoms with E-state index in [0.717, 1.165) is 37.9 Å². The molecule has 2 aromatic carbocycles. The highest BCUT2D eigenvalue weighted by Crippen LogP contribution is 2.52. The van der Waals surface area contributed by atoms with Crippen molar-refractivity contribution in [3.8, 4) is 0 Å². The van der Waals surface area contributed by atoms with Crippen LogP contribution >= 0.6 is 15.9 Å². The summed E-state index contributed by atoms with van der Waals surface area (Å²) in [5, 5.41) is 4.01. The summed E-state index contributed by atoms with van der Waals surface area (Å²) in [5.41, 5.74) is 3.31. The maximum Gasteiger partial charge on any atom is 0.318 e. The molecule has 6 nitrogen and oxygen atoms in total. The molecule has 2 N–H and O–H groups in total. The summed E-state index contributed by atoms with van der Waals surface area (Å²) in [6.07, 6.45) is 0.693. The predicted octanol–water partition coefficient (Wildman–Crippen LogP) is 3.74. The first-order valence-corrected chi connectivity index (χ1v) is 10.5. The Morgan fingerprint density at radius 1 is 1.28 bits per heavy atom. The third-order valence-electron chi connectivity index (χ3n) is 6.06. The number of aromatic nitrogens is 1. The second-order valence-electron chi connectivity index (χ2n) is 7.50. The smallest absolute Gasteiger partial charge is 0.318 e. The van der Waals surface area contributed by atoms with Crippen LogP contribution in [0.1, 0.15) is 23.7 Å². The molecule has 7 heteroatoms. The third-order valence-corrected chi connectivity index (χ3v) is 6.56. The van der Waals surface area contributed by atoms with E-state index in [2.05, 4.69) is 32.3 Å². The molecule has 0 aliphatic carbocycles. The summed E-state index contributed by atoms with van der Waals surface area (Å²) >= 11 is 3.56. The van der Waals surface area contributed by atoms with Crippen LogP contribution < -0.4 is 10.2 Å². The molecular formula is C22H21BrN4O2. The number of amides is 3. The lowest BCUT2D eigenvalue weighted by Crippen LogP contribution is -2.61. The Balaban J connectivity index is 1.88. The van der Waals surface area contributed by atoms with E-state index < -0.39 is 5.54 Å². The van der Waals surface area contributed by atoms with Gasteiger partial charge in [0.2, 0.25) is 0 Å². The van der Waals surface area contributed by atoms with Crippen LogP contribution in [0.2, 0.25) is 0 Å². The number of aromatic amines is 1. The van der Waals surface area contributed by atoms with Crippen molar-refractivity contribution in [3.05, 3.63) is 63.8 Å². The van der Waals surface area contributed by atoms with Crippen LogP contribution in [0.5, 0.6) is 0 Å². The second-order valence-corrected chi connectivity index (χ2v) is 8.41. The van der Waals surface area contributed by atoms with E-state index in [4.69, 9.17) is 0 Å². The molecule has 0 saturated heterocycles. The van der Waals surface area contributed by atoms with Crippen molar-refractivity contribution in [1.29, 1.82) is 0 Å². The minimum absolute atomic E-state index is 0.121. The Morgan fingerprint density at radius 3 is 2.86 bits per heavy atom. The number of hydrogen-bond donors (Lipinski definition) is 2. The van der Waals surface area contributed by atoms with Crippen LogP contribution in [-0.4, -0.2) is 42.0 Å². The fourth-order valence-corrected chi connectivity index (χ4v) is 5.22. The van der Waals surface area contributed by atoms with Gasteiger partial charge in [-0.15, -0.1) is 0 Å². The summed E-state index contributed by atoms with van der Waals surface area (Å²) in [5.74, 6) is -0.121. The first-order chi connectivity index (χ1) is 14.0. The number of hydrogen-bond acceptors (Lipinski definition) is 2. The molecule has 0 radical (unpaired) electrons. The molecule has 1 spiro atoms. The molecule has 2 aliphatic rings. The van der Waals surface area contributed by atoms with Crippen LogP contribution in [-0.2, 0) is 16.8 Å². The lowest BCUT2D eigenvalue weighted by atomic mass is 9.80. The van der Waals surface area contributed by atoms with Gasteiger partial charge < -0.3 is 20.1 Å². The zero-order valence-corrected chi connectivity index (χ0v) is 17.8. The van der Waals surface area contributed by atoms with Crippen LogP contribution in [0.15, 0.2) is 46.9 Å². The van der Waals surface area contributed by atoms with Gasteiger partial charge in [0.05, 0.1) is 5.69 Å². The maximum atomic E-state index is 13.9. The first-order valence-electron chi connectivity index (χ1n) is 9.73. The fourth-order valence-electron chi connectivity index (χ4n) is 4.86. The van der Waals surface area contributed by atoms with Gasteiger partial charge in [0.25, 0.3) is 5.91 Å². The molecule has 29 heavy (non-hydrogen) atoms. The molecule has 3 heterocycles. The molecule has 0 bridgehead atoms. The summed E-state index contributed by atoms with van der Waals surface area (Å²) in [6.45, 7) is 2.85. The Labute approximate surface area is 177 Å². The van der Waals surface area contributed by atoms with Crippen molar-refractivity contribution < 1.29 is 9.59 Å². The van der Waals surface area contributed by atoms with Crippen molar-refractivity contribution in [1.82, 2.24) is 15.2 Å². The molecule has 2 aliphatic heterocycles. The summed E-state index contributed by atoms with van der Waals surface area (Å²) in [7, 11) is 1.77. The lowest BCUT2D eigenvalue weighted by molar-refractivity contribution is -0.126. The number of benzene rings is 2. The van der Waals surface area contributed by atoms with Crippen molar-refractivity contribution in [2.24, 2.45) is 0 Å². The number of anilines is 1. The number of nitrogens with zero attached hydrogens (tertiary/aromatic N) is 2. The molecule has 0 fully saturated rings. The van der Waals surface area contributed by atoms with Gasteiger partial charge in [0.1, 0.15) is 0 Å². The van der Waals surface area contributed by atoms with Gasteiger partial charge in [0, 0.05) is 46.8 Å². The van der Waals surface area contributed by atoms with Gasteiger partial charge in [-0.3, -0.25) is 4.79 Å². The van der Waals surface area contributed by atoms with E-state index in [9.17, 15) is 9.59 Å². The molecule has 0 saturated carbocycles. The van der Waals surface area contributed by atoms with Gasteiger partial charge >= 0.3 is 6.03 Å². The van der Waals surface area contributed by atoms with Crippen LogP contribution in [0, 0.1) is 0 Å². The predicted molar refractivity (Wildman–Crippen MR) is 116 cm³/mol. The van der Waals surface area contributed by atoms with E-state index in [1.807, 2.05) is 43.3 Å². The van der Waals surface area contributed by atoms with Crippen molar-refractivity contribution in [2.75, 3.05) is 25.0 Å². The first kappa shape index (κ1) is 18.2. The Bertz CT molecular complexity index is 1170. The van der Waals surface area contributed by atoms with Gasteiger partial charge in [0.15, 0.2) is 5.54 Å². The van der Waals surface area contributed by atoms with Crippen LogP contribution in [0.4, 0.5) is 10.5 Å². The largest absolute Gasteiger partial charge is 0.355 e. The minimum Gasteiger partial charge on any atom is -0.355 e. The number of likely N-dealkylation sites (N-methyl/N-ethyl adjacent to an activating group) is 1. The van der Waals surface area contributed by atoms with Gasteiger partial charge in [-0.1, -0.05) is 34.1 Å². The van der Waals surface area contributed by atoms with Gasteiger partial charge in [-0.05, 0) is 43.2 Å². The summed E-state index contributed by atoms with van der Waals surface area (Å²) < 4.78 is 0.873. The van der Waals surface area contributed by atoms with Crippen LogP contribution in [0.25, 0.3) is 10.9 Å². The monoisotopic (exact) mass is 452 g/mol. The number of halogens is 1. The van der Waals surface area contributed by atoms with Crippen LogP contribution in [0.3, 0.4) is 0 Å². The van der Waals surface area contributed by atoms with Crippen molar-refractivity contribution >= 4 is 44.5 Å². The highest BCUT2D eigenvalue weighted by atomic mass is 79.9. The number of carbonyl (C=O) groups is 2. The molecule has 3 aromatic rings. The molecule has 1 unspecified atom stereocenters. The number of para-hydroxylation sites is 1. The van der Waals surface area contributed by atoms with Crippen molar-refractivity contribution in [3.63, 3.8) is 0 Å². The van der Waals surface area contributed by atoms with E-state index in [1.54, 1.807) is 16.8 Å². The molecule has 148 valence electrons. The minimum atomic E-state index is -1.21. The Hall–Kier alpha value is -2.80. The zero-order chi connectivity index (χ0) is 20.3. The van der Waals surface area contributed by atoms with E-state index in [0.29, 0.717) is 19.5 Å². The van der Waals surface area contributed by atoms with E-state index >= 15 is 0 Å². The maximum absolute atomic E-state index is 13.9. The number of fused-ring (bicyclic) bond motifs is 6. The average Bonchev–Trinajstić information content (AvgIpc) is 3.19. The number of nitrogens with one attached hydrogen (secondary N) is 2.